The van der Waals surface area contributed by atoms with E-state index in [2.05, 4.69) is 40.0 Å². The molecule has 13 heavy (non-hydrogen) atoms. The predicted molar refractivity (Wildman–Crippen MR) is 60.3 cm³/mol. The molecule has 0 unspecified atom stereocenters. The monoisotopic (exact) mass is 177 g/mol. The molecule has 0 saturated heterocycles. The molecule has 0 radical (unpaired) electrons. The Morgan fingerprint density at radius 3 is 1.85 bits per heavy atom. The van der Waals surface area contributed by atoms with Gasteiger partial charge in [-0.2, -0.15) is 0 Å². The quantitative estimate of drug-likeness (QED) is 0.657. The highest BCUT2D eigenvalue weighted by Gasteiger charge is 2.00. The van der Waals surface area contributed by atoms with E-state index in [1.807, 2.05) is 6.92 Å². The van der Waals surface area contributed by atoms with Gasteiger partial charge < -0.3 is 5.73 Å². The highest BCUT2D eigenvalue weighted by Crippen LogP contribution is 2.17. The van der Waals surface area contributed by atoms with Crippen molar-refractivity contribution in [1.29, 1.82) is 0 Å². The van der Waals surface area contributed by atoms with Crippen molar-refractivity contribution in [2.24, 2.45) is 5.73 Å². The van der Waals surface area contributed by atoms with Gasteiger partial charge in [0.2, 0.25) is 0 Å². The zero-order chi connectivity index (χ0) is 10.6. The first-order valence-electron chi connectivity index (χ1n) is 4.32. The fraction of sp³-hybridized carbons (Fsp3) is 0.333. The molecule has 0 saturated carbocycles. The molecule has 0 heterocycles. The molecule has 0 aliphatic rings. The molecule has 1 heteroatoms. The summed E-state index contributed by atoms with van der Waals surface area (Å²) in [5, 5.41) is 0. The van der Waals surface area contributed by atoms with Gasteiger partial charge in [0, 0.05) is 5.70 Å². The van der Waals surface area contributed by atoms with Gasteiger partial charge in [0.05, 0.1) is 0 Å². The summed E-state index contributed by atoms with van der Waals surface area (Å²) in [5.74, 6) is 0. The lowest BCUT2D eigenvalue weighted by molar-refractivity contribution is 1.24. The summed E-state index contributed by atoms with van der Waals surface area (Å²) in [6.45, 7) is 15.7. The Labute approximate surface area is 81.3 Å². The Morgan fingerprint density at radius 1 is 1.08 bits per heavy atom. The summed E-state index contributed by atoms with van der Waals surface area (Å²) >= 11 is 0. The predicted octanol–water partition coefficient (Wildman–Crippen LogP) is 3.32. The van der Waals surface area contributed by atoms with Crippen molar-refractivity contribution in [2.45, 2.75) is 27.7 Å². The van der Waals surface area contributed by atoms with Crippen molar-refractivity contribution in [3.8, 4) is 0 Å². The van der Waals surface area contributed by atoms with E-state index in [1.54, 1.807) is 0 Å². The van der Waals surface area contributed by atoms with Gasteiger partial charge in [-0.25, -0.2) is 0 Å². The second-order valence-corrected chi connectivity index (χ2v) is 3.53. The molecule has 1 nitrogen and oxygen atoms in total. The molecular formula is C12H19N. The summed E-state index contributed by atoms with van der Waals surface area (Å²) < 4.78 is 0. The molecule has 0 aromatic carbocycles. The van der Waals surface area contributed by atoms with Crippen LogP contribution >= 0.6 is 0 Å². The van der Waals surface area contributed by atoms with E-state index in [9.17, 15) is 0 Å². The van der Waals surface area contributed by atoms with E-state index in [-0.39, 0.29) is 0 Å². The molecule has 0 aromatic rings. The van der Waals surface area contributed by atoms with Crippen LogP contribution < -0.4 is 5.73 Å². The smallest absolute Gasteiger partial charge is 0.0311 e. The van der Waals surface area contributed by atoms with Crippen LogP contribution in [0.2, 0.25) is 0 Å². The lowest BCUT2D eigenvalue weighted by Crippen LogP contribution is -2.00. The van der Waals surface area contributed by atoms with E-state index >= 15 is 0 Å². The number of allylic oxidation sites excluding steroid dienone is 4. The van der Waals surface area contributed by atoms with Crippen LogP contribution in [0.25, 0.3) is 0 Å². The fourth-order valence-electron chi connectivity index (χ4n) is 1.02. The third kappa shape index (κ3) is 3.79. The second kappa shape index (κ2) is 4.70. The molecule has 72 valence electrons. The standard InChI is InChI=1S/C12H19N/c1-8(2)7-9(3)10(4)11(5)12(6)13/h7H,5-6,13H2,1-4H3/b10-9-. The highest BCUT2D eigenvalue weighted by molar-refractivity contribution is 5.45. The molecule has 0 rings (SSSR count). The maximum Gasteiger partial charge on any atom is 0.0311 e. The van der Waals surface area contributed by atoms with Crippen LogP contribution in [-0.2, 0) is 0 Å². The molecule has 0 fully saturated rings. The normalized spacial score (nSPS) is 11.7. The first-order valence-corrected chi connectivity index (χ1v) is 4.32. The van der Waals surface area contributed by atoms with Crippen LogP contribution in [0.1, 0.15) is 27.7 Å². The van der Waals surface area contributed by atoms with Gasteiger partial charge >= 0.3 is 0 Å². The first kappa shape index (κ1) is 11.8. The van der Waals surface area contributed by atoms with Crippen LogP contribution in [0.5, 0.6) is 0 Å². The molecule has 0 aliphatic heterocycles. The maximum atomic E-state index is 5.56. The number of hydrogen-bond acceptors (Lipinski definition) is 1. The van der Waals surface area contributed by atoms with Crippen molar-refractivity contribution in [2.75, 3.05) is 0 Å². The van der Waals surface area contributed by atoms with Crippen molar-refractivity contribution < 1.29 is 0 Å². The molecular weight excluding hydrogens is 158 g/mol. The van der Waals surface area contributed by atoms with E-state index in [0.29, 0.717) is 5.70 Å². The Balaban J connectivity index is 4.93. The molecule has 2 N–H and O–H groups in total. The largest absolute Gasteiger partial charge is 0.399 e. The van der Waals surface area contributed by atoms with Crippen molar-refractivity contribution in [3.63, 3.8) is 0 Å². The maximum absolute atomic E-state index is 5.56. The average molecular weight is 177 g/mol. The van der Waals surface area contributed by atoms with Gasteiger partial charge in [0.25, 0.3) is 0 Å². The summed E-state index contributed by atoms with van der Waals surface area (Å²) in [7, 11) is 0. The van der Waals surface area contributed by atoms with Crippen LogP contribution in [-0.4, -0.2) is 0 Å². The highest BCUT2D eigenvalue weighted by atomic mass is 14.6. The lowest BCUT2D eigenvalue weighted by atomic mass is 10.0. The van der Waals surface area contributed by atoms with E-state index in [4.69, 9.17) is 5.73 Å². The van der Waals surface area contributed by atoms with Crippen molar-refractivity contribution in [3.05, 3.63) is 47.2 Å². The number of rotatable bonds is 3. The van der Waals surface area contributed by atoms with Gasteiger partial charge in [-0.05, 0) is 44.4 Å². The Kier molecular flexibility index (Phi) is 4.26. The summed E-state index contributed by atoms with van der Waals surface area (Å²) in [6, 6.07) is 0. The number of nitrogens with two attached hydrogens (primary N) is 1. The lowest BCUT2D eigenvalue weighted by Gasteiger charge is -2.07. The van der Waals surface area contributed by atoms with Crippen LogP contribution in [0.4, 0.5) is 0 Å². The van der Waals surface area contributed by atoms with Crippen LogP contribution in [0.3, 0.4) is 0 Å². The average Bonchev–Trinajstić information content (AvgIpc) is 2.00. The zero-order valence-corrected chi connectivity index (χ0v) is 9.07. The third-order valence-electron chi connectivity index (χ3n) is 1.94. The van der Waals surface area contributed by atoms with Gasteiger partial charge in [-0.3, -0.25) is 0 Å². The fourth-order valence-corrected chi connectivity index (χ4v) is 1.02. The van der Waals surface area contributed by atoms with E-state index in [0.717, 1.165) is 11.1 Å². The van der Waals surface area contributed by atoms with Gasteiger partial charge in [-0.15, -0.1) is 0 Å². The number of hydrogen-bond donors (Lipinski definition) is 1. The molecule has 0 atom stereocenters. The topological polar surface area (TPSA) is 26.0 Å². The minimum Gasteiger partial charge on any atom is -0.399 e. The molecule has 0 bridgehead atoms. The summed E-state index contributed by atoms with van der Waals surface area (Å²) in [4.78, 5) is 0. The molecule has 0 amide bonds. The van der Waals surface area contributed by atoms with Crippen molar-refractivity contribution >= 4 is 0 Å². The minimum absolute atomic E-state index is 0.541. The third-order valence-corrected chi connectivity index (χ3v) is 1.94. The molecule has 0 aromatic heterocycles. The summed E-state index contributed by atoms with van der Waals surface area (Å²) in [5.41, 5.74) is 10.5. The van der Waals surface area contributed by atoms with Gasteiger partial charge in [0.15, 0.2) is 0 Å². The Hall–Kier alpha value is -1.24. The SMILES string of the molecule is C=C(N)C(=C)/C(C)=C(/C)C=C(C)C. The molecule has 0 spiro atoms. The van der Waals surface area contributed by atoms with Crippen LogP contribution in [0, 0.1) is 0 Å². The van der Waals surface area contributed by atoms with E-state index in [1.165, 1.54) is 11.1 Å². The summed E-state index contributed by atoms with van der Waals surface area (Å²) in [6.07, 6.45) is 2.11. The first-order chi connectivity index (χ1) is 5.86. The molecule has 0 aliphatic carbocycles. The minimum atomic E-state index is 0.541. The second-order valence-electron chi connectivity index (χ2n) is 3.53. The van der Waals surface area contributed by atoms with Crippen LogP contribution in [0.15, 0.2) is 47.2 Å². The Bertz CT molecular complexity index is 286. The van der Waals surface area contributed by atoms with Crippen molar-refractivity contribution in [1.82, 2.24) is 0 Å². The Morgan fingerprint density at radius 2 is 1.54 bits per heavy atom. The van der Waals surface area contributed by atoms with Gasteiger partial charge in [0.1, 0.15) is 0 Å². The van der Waals surface area contributed by atoms with Gasteiger partial charge in [-0.1, -0.05) is 24.8 Å². The van der Waals surface area contributed by atoms with E-state index < -0.39 is 0 Å². The zero-order valence-electron chi connectivity index (χ0n) is 9.07.